The molecule has 0 atom stereocenters. The van der Waals surface area contributed by atoms with Crippen molar-refractivity contribution >= 4 is 11.6 Å². The molecule has 82 valence electrons. The second-order valence-electron chi connectivity index (χ2n) is 3.59. The fourth-order valence-electron chi connectivity index (χ4n) is 1.34. The van der Waals surface area contributed by atoms with Gasteiger partial charge in [0.25, 0.3) is 0 Å². The van der Waals surface area contributed by atoms with Crippen LogP contribution in [0.4, 0.5) is 0 Å². The first kappa shape index (κ1) is 11.9. The minimum absolute atomic E-state index is 0.669. The lowest BCUT2D eigenvalue weighted by Gasteiger charge is -2.12. The van der Waals surface area contributed by atoms with E-state index >= 15 is 0 Å². The summed E-state index contributed by atoms with van der Waals surface area (Å²) in [6.07, 6.45) is 1.83. The Morgan fingerprint density at radius 3 is 2.60 bits per heavy atom. The zero-order valence-electron chi connectivity index (χ0n) is 9.39. The first-order valence-electron chi connectivity index (χ1n) is 4.96. The summed E-state index contributed by atoms with van der Waals surface area (Å²) in [5.74, 6) is 0.673. The zero-order valence-corrected chi connectivity index (χ0v) is 10.2. The van der Waals surface area contributed by atoms with Gasteiger partial charge in [-0.1, -0.05) is 23.7 Å². The third kappa shape index (κ3) is 2.90. The summed E-state index contributed by atoms with van der Waals surface area (Å²) in [5, 5.41) is 3.94. The maximum atomic E-state index is 6.22. The molecule has 0 aromatic heterocycles. The van der Waals surface area contributed by atoms with E-state index in [4.69, 9.17) is 17.3 Å². The molecule has 0 aliphatic rings. The van der Waals surface area contributed by atoms with Crippen LogP contribution in [0.1, 0.15) is 23.6 Å². The third-order valence-corrected chi connectivity index (χ3v) is 2.98. The van der Waals surface area contributed by atoms with Gasteiger partial charge in [0.1, 0.15) is 0 Å². The van der Waals surface area contributed by atoms with Crippen LogP contribution < -0.4 is 11.1 Å². The summed E-state index contributed by atoms with van der Waals surface area (Å²) in [4.78, 5) is 0. The fraction of sp³-hybridized carbons (Fsp3) is 0.333. The summed E-state index contributed by atoms with van der Waals surface area (Å²) >= 11 is 6.22. The second kappa shape index (κ2) is 5.08. The number of nitrogens with one attached hydrogen (secondary N) is 1. The molecule has 0 heterocycles. The molecule has 15 heavy (non-hydrogen) atoms. The van der Waals surface area contributed by atoms with Crippen LogP contribution in [0, 0.1) is 13.8 Å². The number of allylic oxidation sites excluding steroid dienone is 1. The van der Waals surface area contributed by atoms with Crippen molar-refractivity contribution in [3.63, 3.8) is 0 Å². The molecule has 0 radical (unpaired) electrons. The highest BCUT2D eigenvalue weighted by Crippen LogP contribution is 2.23. The van der Waals surface area contributed by atoms with E-state index in [0.29, 0.717) is 12.4 Å². The molecule has 0 saturated heterocycles. The van der Waals surface area contributed by atoms with E-state index in [9.17, 15) is 0 Å². The quantitative estimate of drug-likeness (QED) is 0.829. The summed E-state index contributed by atoms with van der Waals surface area (Å²) in [6, 6.07) is 4.10. The summed E-state index contributed by atoms with van der Waals surface area (Å²) in [7, 11) is 0. The minimum Gasteiger partial charge on any atom is -0.386 e. The van der Waals surface area contributed by atoms with E-state index in [1.807, 2.05) is 32.9 Å². The molecule has 1 rings (SSSR count). The monoisotopic (exact) mass is 224 g/mol. The van der Waals surface area contributed by atoms with Crippen molar-refractivity contribution < 1.29 is 0 Å². The largest absolute Gasteiger partial charge is 0.386 e. The van der Waals surface area contributed by atoms with Gasteiger partial charge in [0.2, 0.25) is 0 Å². The van der Waals surface area contributed by atoms with E-state index in [1.165, 1.54) is 5.56 Å². The molecule has 3 heteroatoms. The maximum Gasteiger partial charge on any atom is 0.0918 e. The Morgan fingerprint density at radius 1 is 1.40 bits per heavy atom. The van der Waals surface area contributed by atoms with Gasteiger partial charge in [-0.3, -0.25) is 0 Å². The Balaban J connectivity index is 2.89. The van der Waals surface area contributed by atoms with Crippen LogP contribution in [0.15, 0.2) is 24.0 Å². The van der Waals surface area contributed by atoms with Crippen LogP contribution in [0.5, 0.6) is 0 Å². The van der Waals surface area contributed by atoms with Crippen LogP contribution >= 0.6 is 11.6 Å². The van der Waals surface area contributed by atoms with Crippen molar-refractivity contribution in [1.29, 1.82) is 0 Å². The van der Waals surface area contributed by atoms with Crippen LogP contribution in [0.3, 0.4) is 0 Å². The van der Waals surface area contributed by atoms with Gasteiger partial charge in [0.15, 0.2) is 0 Å². The van der Waals surface area contributed by atoms with E-state index in [-0.39, 0.29) is 0 Å². The molecule has 0 bridgehead atoms. The number of hydrogen-bond acceptors (Lipinski definition) is 2. The number of halogens is 1. The van der Waals surface area contributed by atoms with Crippen LogP contribution in [0.2, 0.25) is 5.02 Å². The smallest absolute Gasteiger partial charge is 0.0918 e. The fourth-order valence-corrected chi connectivity index (χ4v) is 1.62. The molecule has 0 unspecified atom stereocenters. The van der Waals surface area contributed by atoms with Gasteiger partial charge in [0, 0.05) is 11.6 Å². The highest BCUT2D eigenvalue weighted by molar-refractivity contribution is 6.32. The van der Waals surface area contributed by atoms with Crippen molar-refractivity contribution in [1.82, 2.24) is 5.32 Å². The molecule has 0 amide bonds. The lowest BCUT2D eigenvalue weighted by molar-refractivity contribution is 0.792. The van der Waals surface area contributed by atoms with Crippen molar-refractivity contribution in [2.24, 2.45) is 5.73 Å². The lowest BCUT2D eigenvalue weighted by atomic mass is 10.1. The molecule has 0 fully saturated rings. The van der Waals surface area contributed by atoms with E-state index < -0.39 is 0 Å². The lowest BCUT2D eigenvalue weighted by Crippen LogP contribution is -2.20. The van der Waals surface area contributed by atoms with Crippen LogP contribution in [-0.2, 0) is 6.54 Å². The standard InChI is InChI=1S/C12H17ClN2/c1-4-11(14)15-7-10-8(2)5-6-9(3)12(10)13/h4-6,15H,7,14H2,1-3H3. The SMILES string of the molecule is CC=C(N)NCc1c(C)ccc(C)c1Cl. The first-order chi connectivity index (χ1) is 7.06. The first-order valence-corrected chi connectivity index (χ1v) is 5.34. The highest BCUT2D eigenvalue weighted by Gasteiger charge is 2.06. The number of aryl methyl sites for hydroxylation is 2. The van der Waals surface area contributed by atoms with Gasteiger partial charge in [-0.15, -0.1) is 0 Å². The Morgan fingerprint density at radius 2 is 2.00 bits per heavy atom. The number of rotatable bonds is 3. The molecular formula is C12H17ClN2. The number of hydrogen-bond donors (Lipinski definition) is 2. The molecule has 1 aromatic carbocycles. The predicted molar refractivity (Wildman–Crippen MR) is 65.7 cm³/mol. The topological polar surface area (TPSA) is 38.0 Å². The maximum absolute atomic E-state index is 6.22. The summed E-state index contributed by atoms with van der Waals surface area (Å²) in [6.45, 7) is 6.62. The molecule has 0 saturated carbocycles. The van der Waals surface area contributed by atoms with Gasteiger partial charge in [-0.2, -0.15) is 0 Å². The van der Waals surface area contributed by atoms with Crippen molar-refractivity contribution in [3.8, 4) is 0 Å². The van der Waals surface area contributed by atoms with Gasteiger partial charge in [-0.05, 0) is 43.5 Å². The molecule has 3 N–H and O–H groups in total. The normalized spacial score (nSPS) is 11.6. The molecule has 0 aliphatic carbocycles. The highest BCUT2D eigenvalue weighted by atomic mass is 35.5. The summed E-state index contributed by atoms with van der Waals surface area (Å²) < 4.78 is 0. The minimum atomic E-state index is 0.669. The van der Waals surface area contributed by atoms with Gasteiger partial charge >= 0.3 is 0 Å². The Labute approximate surface area is 96.1 Å². The average Bonchev–Trinajstić information content (AvgIpc) is 2.23. The third-order valence-electron chi connectivity index (χ3n) is 2.45. The van der Waals surface area contributed by atoms with E-state index in [2.05, 4.69) is 11.4 Å². The van der Waals surface area contributed by atoms with Gasteiger partial charge in [-0.25, -0.2) is 0 Å². The van der Waals surface area contributed by atoms with Gasteiger partial charge in [0.05, 0.1) is 5.82 Å². The van der Waals surface area contributed by atoms with E-state index in [1.54, 1.807) is 0 Å². The molecule has 1 aromatic rings. The van der Waals surface area contributed by atoms with E-state index in [0.717, 1.165) is 16.1 Å². The molecule has 0 spiro atoms. The van der Waals surface area contributed by atoms with Crippen LogP contribution in [-0.4, -0.2) is 0 Å². The summed E-state index contributed by atoms with van der Waals surface area (Å²) in [5.41, 5.74) is 9.06. The average molecular weight is 225 g/mol. The van der Waals surface area contributed by atoms with Gasteiger partial charge < -0.3 is 11.1 Å². The second-order valence-corrected chi connectivity index (χ2v) is 3.97. The van der Waals surface area contributed by atoms with Crippen LogP contribution in [0.25, 0.3) is 0 Å². The predicted octanol–water partition coefficient (Wildman–Crippen LogP) is 2.87. The molecular weight excluding hydrogens is 208 g/mol. The van der Waals surface area contributed by atoms with Crippen molar-refractivity contribution in [3.05, 3.63) is 45.7 Å². The van der Waals surface area contributed by atoms with Crippen molar-refractivity contribution in [2.45, 2.75) is 27.3 Å². The molecule has 2 nitrogen and oxygen atoms in total. The Bertz CT molecular complexity index is 383. The zero-order chi connectivity index (χ0) is 11.4. The Kier molecular flexibility index (Phi) is 4.04. The number of nitrogens with two attached hydrogens (primary N) is 1. The number of benzene rings is 1. The molecule has 0 aliphatic heterocycles. The van der Waals surface area contributed by atoms with Crippen molar-refractivity contribution in [2.75, 3.05) is 0 Å². The Hall–Kier alpha value is -1.15.